The average Bonchev–Trinajstić information content (AvgIpc) is 2.71. The van der Waals surface area contributed by atoms with E-state index in [1.54, 1.807) is 31.2 Å². The van der Waals surface area contributed by atoms with Gasteiger partial charge in [0.2, 0.25) is 0 Å². The topological polar surface area (TPSA) is 99.1 Å². The van der Waals surface area contributed by atoms with E-state index >= 15 is 0 Å². The summed E-state index contributed by atoms with van der Waals surface area (Å²) in [7, 11) is 0. The van der Waals surface area contributed by atoms with E-state index < -0.39 is 17.9 Å². The summed E-state index contributed by atoms with van der Waals surface area (Å²) in [5, 5.41) is 8.86. The highest BCUT2D eigenvalue weighted by molar-refractivity contribution is 5.91. The molecule has 7 nitrogen and oxygen atoms in total. The van der Waals surface area contributed by atoms with Crippen molar-refractivity contribution in [2.24, 2.45) is 0 Å². The van der Waals surface area contributed by atoms with E-state index in [0.717, 1.165) is 0 Å². The molecule has 0 atom stereocenters. The lowest BCUT2D eigenvalue weighted by Crippen LogP contribution is -2.09. The van der Waals surface area contributed by atoms with Gasteiger partial charge in [0.15, 0.2) is 0 Å². The number of aromatic carboxylic acids is 1. The van der Waals surface area contributed by atoms with Gasteiger partial charge in [-0.05, 0) is 68.3 Å². The van der Waals surface area contributed by atoms with E-state index in [9.17, 15) is 14.4 Å². The van der Waals surface area contributed by atoms with Crippen molar-refractivity contribution in [3.05, 3.63) is 71.8 Å². The van der Waals surface area contributed by atoms with Crippen LogP contribution in [0.25, 0.3) is 0 Å². The molecule has 29 heavy (non-hydrogen) atoms. The highest BCUT2D eigenvalue weighted by Crippen LogP contribution is 2.17. The molecule has 0 radical (unpaired) electrons. The van der Waals surface area contributed by atoms with Gasteiger partial charge in [0.05, 0.1) is 24.3 Å². The van der Waals surface area contributed by atoms with Crippen molar-refractivity contribution in [3.63, 3.8) is 0 Å². The molecule has 0 unspecified atom stereocenters. The molecule has 0 saturated carbocycles. The summed E-state index contributed by atoms with van der Waals surface area (Å²) in [5.41, 5.74) is 0.823. The standard InChI is InChI=1S/C22H22O7/c1-15(2)21(25)28-14-4-3-13-27-18-9-7-17(8-10-18)22(26)29-19-11-5-16(6-12-19)20(23)24/h5-12H,1,3-4,13-14H2,2H3,(H,23,24). The highest BCUT2D eigenvalue weighted by atomic mass is 16.5. The largest absolute Gasteiger partial charge is 0.494 e. The molecule has 0 saturated heterocycles. The van der Waals surface area contributed by atoms with E-state index in [0.29, 0.717) is 42.9 Å². The number of benzene rings is 2. The molecule has 2 aromatic carbocycles. The minimum absolute atomic E-state index is 0.111. The molecule has 0 heterocycles. The number of carboxylic acids is 1. The molecule has 0 aromatic heterocycles. The van der Waals surface area contributed by atoms with Gasteiger partial charge >= 0.3 is 17.9 Å². The van der Waals surface area contributed by atoms with Crippen molar-refractivity contribution in [1.29, 1.82) is 0 Å². The van der Waals surface area contributed by atoms with Crippen molar-refractivity contribution >= 4 is 17.9 Å². The fraction of sp³-hybridized carbons (Fsp3) is 0.227. The predicted molar refractivity (Wildman–Crippen MR) is 105 cm³/mol. The summed E-state index contributed by atoms with van der Waals surface area (Å²) in [6, 6.07) is 12.0. The molecule has 0 aliphatic heterocycles. The van der Waals surface area contributed by atoms with Crippen LogP contribution >= 0.6 is 0 Å². The molecular formula is C22H22O7. The Labute approximate surface area is 168 Å². The van der Waals surface area contributed by atoms with Gasteiger partial charge in [-0.3, -0.25) is 0 Å². The number of rotatable bonds is 10. The average molecular weight is 398 g/mol. The number of esters is 2. The summed E-state index contributed by atoms with van der Waals surface area (Å²) in [6.07, 6.45) is 1.38. The van der Waals surface area contributed by atoms with Gasteiger partial charge in [-0.15, -0.1) is 0 Å². The summed E-state index contributed by atoms with van der Waals surface area (Å²) in [6.45, 7) is 5.87. The molecular weight excluding hydrogens is 376 g/mol. The Morgan fingerprint density at radius 2 is 1.41 bits per heavy atom. The van der Waals surface area contributed by atoms with Gasteiger partial charge in [0.25, 0.3) is 0 Å². The monoisotopic (exact) mass is 398 g/mol. The van der Waals surface area contributed by atoms with Crippen LogP contribution in [0, 0.1) is 0 Å². The Balaban J connectivity index is 1.74. The molecule has 2 rings (SSSR count). The van der Waals surface area contributed by atoms with Crippen LogP contribution in [0.4, 0.5) is 0 Å². The van der Waals surface area contributed by atoms with Crippen LogP contribution in [-0.2, 0) is 9.53 Å². The molecule has 0 amide bonds. The number of carbonyl (C=O) groups excluding carboxylic acids is 2. The molecule has 0 bridgehead atoms. The maximum atomic E-state index is 12.2. The van der Waals surface area contributed by atoms with Crippen molar-refractivity contribution in [3.8, 4) is 11.5 Å². The number of unbranched alkanes of at least 4 members (excludes halogenated alkanes) is 1. The molecule has 0 aliphatic carbocycles. The number of hydrogen-bond donors (Lipinski definition) is 1. The first-order valence-electron chi connectivity index (χ1n) is 8.98. The van der Waals surface area contributed by atoms with Crippen LogP contribution in [0.2, 0.25) is 0 Å². The molecule has 0 spiro atoms. The van der Waals surface area contributed by atoms with E-state index in [1.807, 2.05) is 0 Å². The minimum Gasteiger partial charge on any atom is -0.494 e. The zero-order chi connectivity index (χ0) is 21.2. The van der Waals surface area contributed by atoms with Gasteiger partial charge in [0.1, 0.15) is 11.5 Å². The minimum atomic E-state index is -1.05. The first-order valence-corrected chi connectivity index (χ1v) is 8.98. The van der Waals surface area contributed by atoms with Gasteiger partial charge < -0.3 is 19.3 Å². The van der Waals surface area contributed by atoms with Crippen LogP contribution in [0.1, 0.15) is 40.5 Å². The molecule has 0 fully saturated rings. The van der Waals surface area contributed by atoms with Crippen molar-refractivity contribution in [2.45, 2.75) is 19.8 Å². The molecule has 2 aromatic rings. The smallest absolute Gasteiger partial charge is 0.343 e. The second-order valence-electron chi connectivity index (χ2n) is 6.22. The summed E-state index contributed by atoms with van der Waals surface area (Å²) >= 11 is 0. The fourth-order valence-electron chi connectivity index (χ4n) is 2.20. The third kappa shape index (κ3) is 7.14. The number of carbonyl (C=O) groups is 3. The van der Waals surface area contributed by atoms with E-state index in [-0.39, 0.29) is 11.3 Å². The van der Waals surface area contributed by atoms with Gasteiger partial charge in [-0.1, -0.05) is 6.58 Å². The van der Waals surface area contributed by atoms with Crippen LogP contribution in [-0.4, -0.2) is 36.2 Å². The zero-order valence-corrected chi connectivity index (χ0v) is 16.1. The van der Waals surface area contributed by atoms with Gasteiger partial charge in [-0.2, -0.15) is 0 Å². The Kier molecular flexibility index (Phi) is 7.97. The molecule has 1 N–H and O–H groups in total. The van der Waals surface area contributed by atoms with Gasteiger partial charge in [0, 0.05) is 5.57 Å². The Morgan fingerprint density at radius 1 is 0.862 bits per heavy atom. The van der Waals surface area contributed by atoms with Crippen LogP contribution in [0.15, 0.2) is 60.7 Å². The number of ether oxygens (including phenoxy) is 3. The first kappa shape index (κ1) is 21.7. The SMILES string of the molecule is C=C(C)C(=O)OCCCCOc1ccc(C(=O)Oc2ccc(C(=O)O)cc2)cc1. The lowest BCUT2D eigenvalue weighted by Gasteiger charge is -2.08. The maximum absolute atomic E-state index is 12.2. The summed E-state index contributed by atoms with van der Waals surface area (Å²) in [4.78, 5) is 34.2. The number of carboxylic acid groups (broad SMARTS) is 1. The lowest BCUT2D eigenvalue weighted by molar-refractivity contribution is -0.139. The van der Waals surface area contributed by atoms with E-state index in [1.165, 1.54) is 24.3 Å². The maximum Gasteiger partial charge on any atom is 0.343 e. The fourth-order valence-corrected chi connectivity index (χ4v) is 2.20. The third-order valence-corrected chi connectivity index (χ3v) is 3.79. The van der Waals surface area contributed by atoms with Crippen molar-refractivity contribution in [1.82, 2.24) is 0 Å². The van der Waals surface area contributed by atoms with Gasteiger partial charge in [-0.25, -0.2) is 14.4 Å². The highest BCUT2D eigenvalue weighted by Gasteiger charge is 2.10. The lowest BCUT2D eigenvalue weighted by atomic mass is 10.2. The number of hydrogen-bond acceptors (Lipinski definition) is 6. The predicted octanol–water partition coefficient (Wildman–Crippen LogP) is 3.88. The van der Waals surface area contributed by atoms with Crippen molar-refractivity contribution < 1.29 is 33.7 Å². The Bertz CT molecular complexity index is 867. The van der Waals surface area contributed by atoms with Crippen molar-refractivity contribution in [2.75, 3.05) is 13.2 Å². The molecule has 7 heteroatoms. The third-order valence-electron chi connectivity index (χ3n) is 3.79. The second-order valence-corrected chi connectivity index (χ2v) is 6.22. The van der Waals surface area contributed by atoms with E-state index in [4.69, 9.17) is 19.3 Å². The Hall–Kier alpha value is -3.61. The van der Waals surface area contributed by atoms with Crippen LogP contribution in [0.3, 0.4) is 0 Å². The summed E-state index contributed by atoms with van der Waals surface area (Å²) < 4.78 is 15.8. The Morgan fingerprint density at radius 3 is 2.00 bits per heavy atom. The van der Waals surface area contributed by atoms with Crippen LogP contribution in [0.5, 0.6) is 11.5 Å². The second kappa shape index (κ2) is 10.7. The quantitative estimate of drug-likeness (QED) is 0.281. The van der Waals surface area contributed by atoms with Crippen LogP contribution < -0.4 is 9.47 Å². The van der Waals surface area contributed by atoms with E-state index in [2.05, 4.69) is 6.58 Å². The summed E-state index contributed by atoms with van der Waals surface area (Å²) in [5.74, 6) is -1.14. The first-order chi connectivity index (χ1) is 13.9. The zero-order valence-electron chi connectivity index (χ0n) is 16.1. The normalized spacial score (nSPS) is 10.1. The molecule has 0 aliphatic rings. The molecule has 152 valence electrons.